The lowest BCUT2D eigenvalue weighted by molar-refractivity contribution is -0.139. The summed E-state index contributed by atoms with van der Waals surface area (Å²) in [5.74, 6) is -0.921. The van der Waals surface area contributed by atoms with Gasteiger partial charge in [0.25, 0.3) is 0 Å². The first-order valence-corrected chi connectivity index (χ1v) is 13.7. The molecule has 1 atom stereocenters. The molecule has 0 fully saturated rings. The molecule has 2 aromatic rings. The van der Waals surface area contributed by atoms with Crippen LogP contribution in [0, 0.1) is 0 Å². The molecular weight excluding hydrogens is 521 g/mol. The fourth-order valence-corrected chi connectivity index (χ4v) is 4.69. The number of nitrogens with zero attached hydrogens (tertiary/aromatic N) is 2. The van der Waals surface area contributed by atoms with Crippen molar-refractivity contribution >= 4 is 62.3 Å². The van der Waals surface area contributed by atoms with Crippen LogP contribution >= 0.6 is 34.8 Å². The van der Waals surface area contributed by atoms with Crippen LogP contribution in [0.4, 0.5) is 5.69 Å². The fraction of sp³-hybridized carbons (Fsp3) is 0.391. The number of unbranched alkanes of at least 4 members (excludes halogenated alkanes) is 1. The van der Waals surface area contributed by atoms with E-state index in [0.29, 0.717) is 27.2 Å². The Labute approximate surface area is 216 Å². The molecule has 7 nitrogen and oxygen atoms in total. The van der Waals surface area contributed by atoms with Gasteiger partial charge in [0.15, 0.2) is 0 Å². The Morgan fingerprint density at radius 1 is 1.06 bits per heavy atom. The topological polar surface area (TPSA) is 86.8 Å². The zero-order valence-corrected chi connectivity index (χ0v) is 22.3. The summed E-state index contributed by atoms with van der Waals surface area (Å²) < 4.78 is 26.0. The molecule has 0 aliphatic rings. The number of carbonyl (C=O) groups is 2. The molecule has 1 N–H and O–H groups in total. The average molecular weight is 549 g/mol. The van der Waals surface area contributed by atoms with Crippen molar-refractivity contribution in [1.29, 1.82) is 0 Å². The van der Waals surface area contributed by atoms with E-state index in [9.17, 15) is 18.0 Å². The second-order valence-corrected chi connectivity index (χ2v) is 11.0. The molecular formula is C23H28Cl3N3O4S. The fourth-order valence-electron chi connectivity index (χ4n) is 3.20. The van der Waals surface area contributed by atoms with Crippen LogP contribution in [0.25, 0.3) is 0 Å². The molecule has 0 saturated carbocycles. The minimum Gasteiger partial charge on any atom is -0.354 e. The average Bonchev–Trinajstić information content (AvgIpc) is 2.75. The summed E-state index contributed by atoms with van der Waals surface area (Å²) in [7, 11) is -3.83. The summed E-state index contributed by atoms with van der Waals surface area (Å²) in [6.07, 6.45) is 2.70. The quantitative estimate of drug-likeness (QED) is 0.411. The van der Waals surface area contributed by atoms with Crippen molar-refractivity contribution in [2.75, 3.05) is 23.7 Å². The summed E-state index contributed by atoms with van der Waals surface area (Å²) in [5, 5.41) is 3.90. The Balaban J connectivity index is 2.38. The van der Waals surface area contributed by atoms with Crippen LogP contribution in [0.3, 0.4) is 0 Å². The molecule has 0 aliphatic heterocycles. The van der Waals surface area contributed by atoms with Crippen molar-refractivity contribution in [3.8, 4) is 0 Å². The first kappa shape index (κ1) is 28.2. The Morgan fingerprint density at radius 2 is 1.74 bits per heavy atom. The minimum atomic E-state index is -3.83. The molecule has 0 aromatic heterocycles. The number of nitrogens with one attached hydrogen (secondary N) is 1. The van der Waals surface area contributed by atoms with Crippen molar-refractivity contribution in [3.63, 3.8) is 0 Å². The zero-order valence-electron chi connectivity index (χ0n) is 19.2. The second-order valence-electron chi connectivity index (χ2n) is 7.83. The van der Waals surface area contributed by atoms with Gasteiger partial charge in [-0.15, -0.1) is 0 Å². The highest BCUT2D eigenvalue weighted by atomic mass is 35.5. The van der Waals surface area contributed by atoms with Crippen LogP contribution in [0.1, 0.15) is 32.3 Å². The highest BCUT2D eigenvalue weighted by molar-refractivity contribution is 7.92. The third-order valence-corrected chi connectivity index (χ3v) is 7.09. The van der Waals surface area contributed by atoms with Crippen molar-refractivity contribution in [3.05, 3.63) is 63.1 Å². The first-order chi connectivity index (χ1) is 15.9. The molecule has 0 spiro atoms. The number of rotatable bonds is 11. The highest BCUT2D eigenvalue weighted by Gasteiger charge is 2.30. The summed E-state index contributed by atoms with van der Waals surface area (Å²) in [6.45, 7) is 3.54. The van der Waals surface area contributed by atoms with Crippen molar-refractivity contribution in [2.45, 2.75) is 39.3 Å². The number of hydrogen-bond acceptors (Lipinski definition) is 4. The molecule has 2 amide bonds. The van der Waals surface area contributed by atoms with Gasteiger partial charge < -0.3 is 10.2 Å². The molecule has 0 aliphatic carbocycles. The predicted octanol–water partition coefficient (Wildman–Crippen LogP) is 4.75. The normalized spacial score (nSPS) is 12.2. The van der Waals surface area contributed by atoms with Gasteiger partial charge in [0.1, 0.15) is 12.6 Å². The largest absolute Gasteiger partial charge is 0.354 e. The lowest BCUT2D eigenvalue weighted by atomic mass is 10.1. The Bertz CT molecular complexity index is 1130. The van der Waals surface area contributed by atoms with E-state index < -0.39 is 28.5 Å². The van der Waals surface area contributed by atoms with Gasteiger partial charge in [-0.3, -0.25) is 13.9 Å². The second kappa shape index (κ2) is 12.6. The third kappa shape index (κ3) is 8.05. The molecule has 0 saturated heterocycles. The molecule has 0 radical (unpaired) electrons. The monoisotopic (exact) mass is 547 g/mol. The Hall–Kier alpha value is -2.00. The summed E-state index contributed by atoms with van der Waals surface area (Å²) >= 11 is 18.3. The molecule has 2 rings (SSSR count). The molecule has 186 valence electrons. The van der Waals surface area contributed by atoms with Crippen molar-refractivity contribution in [2.24, 2.45) is 0 Å². The number of anilines is 1. The smallest absolute Gasteiger partial charge is 0.244 e. The lowest BCUT2D eigenvalue weighted by Crippen LogP contribution is -2.51. The van der Waals surface area contributed by atoms with Gasteiger partial charge >= 0.3 is 0 Å². The SMILES string of the molecule is CCCCNC(=O)C(C)N(Cc1ccc(Cl)cc1Cl)C(=O)CN(c1cccc(Cl)c1)S(C)(=O)=O. The lowest BCUT2D eigenvalue weighted by Gasteiger charge is -2.31. The highest BCUT2D eigenvalue weighted by Crippen LogP contribution is 2.25. The van der Waals surface area contributed by atoms with Crippen LogP contribution in [-0.4, -0.2) is 50.5 Å². The van der Waals surface area contributed by atoms with Gasteiger partial charge in [-0.25, -0.2) is 8.42 Å². The van der Waals surface area contributed by atoms with E-state index in [2.05, 4.69) is 5.32 Å². The van der Waals surface area contributed by atoms with E-state index >= 15 is 0 Å². The van der Waals surface area contributed by atoms with Gasteiger partial charge in [0, 0.05) is 28.2 Å². The number of halogens is 3. The maximum atomic E-state index is 13.5. The molecule has 0 heterocycles. The summed E-state index contributed by atoms with van der Waals surface area (Å²) in [5.41, 5.74) is 0.814. The van der Waals surface area contributed by atoms with Gasteiger partial charge in [0.2, 0.25) is 21.8 Å². The van der Waals surface area contributed by atoms with Crippen LogP contribution in [0.15, 0.2) is 42.5 Å². The van der Waals surface area contributed by atoms with Crippen LogP contribution < -0.4 is 9.62 Å². The molecule has 0 bridgehead atoms. The number of amides is 2. The molecule has 2 aromatic carbocycles. The van der Waals surface area contributed by atoms with Gasteiger partial charge in [0.05, 0.1) is 11.9 Å². The van der Waals surface area contributed by atoms with E-state index in [1.54, 1.807) is 43.3 Å². The van der Waals surface area contributed by atoms with Gasteiger partial charge in [-0.05, 0) is 49.2 Å². The van der Waals surface area contributed by atoms with E-state index in [1.165, 1.54) is 11.0 Å². The van der Waals surface area contributed by atoms with E-state index in [0.717, 1.165) is 23.4 Å². The standard InChI is InChI=1S/C23H28Cl3N3O4S/c1-4-5-11-27-23(31)16(2)28(14-17-9-10-19(25)13-21(17)26)22(30)15-29(34(3,32)33)20-8-6-7-18(24)12-20/h6-10,12-13,16H,4-5,11,14-15H2,1-3H3,(H,27,31). The van der Waals surface area contributed by atoms with Gasteiger partial charge in [-0.2, -0.15) is 0 Å². The van der Waals surface area contributed by atoms with Crippen molar-refractivity contribution < 1.29 is 18.0 Å². The zero-order chi connectivity index (χ0) is 25.5. The third-order valence-electron chi connectivity index (χ3n) is 5.13. The van der Waals surface area contributed by atoms with Crippen molar-refractivity contribution in [1.82, 2.24) is 10.2 Å². The first-order valence-electron chi connectivity index (χ1n) is 10.7. The molecule has 11 heteroatoms. The number of sulfonamides is 1. The van der Waals surface area contributed by atoms with Crippen LogP contribution in [0.5, 0.6) is 0 Å². The van der Waals surface area contributed by atoms with E-state index in [4.69, 9.17) is 34.8 Å². The van der Waals surface area contributed by atoms with Gasteiger partial charge in [-0.1, -0.05) is 60.3 Å². The summed E-state index contributed by atoms with van der Waals surface area (Å²) in [4.78, 5) is 27.5. The Morgan fingerprint density at radius 3 is 2.32 bits per heavy atom. The van der Waals surface area contributed by atoms with Crippen LogP contribution in [0.2, 0.25) is 15.1 Å². The maximum absolute atomic E-state index is 13.5. The van der Waals surface area contributed by atoms with Crippen LogP contribution in [-0.2, 0) is 26.2 Å². The summed E-state index contributed by atoms with van der Waals surface area (Å²) in [6, 6.07) is 10.2. The maximum Gasteiger partial charge on any atom is 0.244 e. The molecule has 1 unspecified atom stereocenters. The number of hydrogen-bond donors (Lipinski definition) is 1. The number of carbonyl (C=O) groups excluding carboxylic acids is 2. The minimum absolute atomic E-state index is 0.00958. The van der Waals surface area contributed by atoms with E-state index in [-0.39, 0.29) is 18.1 Å². The molecule has 34 heavy (non-hydrogen) atoms. The predicted molar refractivity (Wildman–Crippen MR) is 138 cm³/mol. The van der Waals surface area contributed by atoms with E-state index in [1.807, 2.05) is 6.92 Å². The number of benzene rings is 2. The Kier molecular flexibility index (Phi) is 10.5.